The van der Waals surface area contributed by atoms with Crippen LogP contribution in [0.4, 0.5) is 0 Å². The van der Waals surface area contributed by atoms with Gasteiger partial charge in [-0.1, -0.05) is 50.3 Å². The van der Waals surface area contributed by atoms with Crippen LogP contribution in [-0.4, -0.2) is 18.7 Å². The fraction of sp³-hybridized carbons (Fsp3) is 0.500. The Hall–Kier alpha value is -2.93. The van der Waals surface area contributed by atoms with Gasteiger partial charge < -0.3 is 4.74 Å². The van der Waals surface area contributed by atoms with E-state index in [9.17, 15) is 9.59 Å². The van der Waals surface area contributed by atoms with Gasteiger partial charge in [-0.15, -0.1) is 0 Å². The quantitative estimate of drug-likeness (QED) is 0.493. The molecule has 0 aliphatic heterocycles. The lowest BCUT2D eigenvalue weighted by atomic mass is 9.98. The second-order valence-electron chi connectivity index (χ2n) is 9.28. The van der Waals surface area contributed by atoms with E-state index in [0.29, 0.717) is 49.1 Å². The van der Waals surface area contributed by atoms with E-state index in [1.165, 1.54) is 16.6 Å². The Morgan fingerprint density at radius 3 is 2.42 bits per heavy atom. The zero-order chi connectivity index (χ0) is 22.9. The van der Waals surface area contributed by atoms with Crippen molar-refractivity contribution in [3.05, 3.63) is 68.6 Å². The summed E-state index contributed by atoms with van der Waals surface area (Å²) in [6.45, 7) is 5.62. The maximum Gasteiger partial charge on any atom is 0.332 e. The molecule has 2 heterocycles. The molecule has 2 atom stereocenters. The first kappa shape index (κ1) is 21.9. The highest BCUT2D eigenvalue weighted by Gasteiger charge is 2.36. The summed E-state index contributed by atoms with van der Waals surface area (Å²) in [6, 6.07) is 10.0. The van der Waals surface area contributed by atoms with Gasteiger partial charge in [0.05, 0.1) is 6.61 Å². The highest BCUT2D eigenvalue weighted by atomic mass is 16.5. The van der Waals surface area contributed by atoms with Gasteiger partial charge in [0.1, 0.15) is 12.6 Å². The number of aryl methyl sites for hydroxylation is 1. The van der Waals surface area contributed by atoms with Crippen LogP contribution in [0.25, 0.3) is 16.7 Å². The average molecular weight is 449 g/mol. The Labute approximate surface area is 193 Å². The van der Waals surface area contributed by atoms with Crippen LogP contribution in [0.15, 0.2) is 46.0 Å². The minimum absolute atomic E-state index is 0.223. The van der Waals surface area contributed by atoms with Crippen molar-refractivity contribution in [2.75, 3.05) is 0 Å². The van der Waals surface area contributed by atoms with Gasteiger partial charge in [0.15, 0.2) is 11.2 Å². The van der Waals surface area contributed by atoms with Gasteiger partial charge in [0.2, 0.25) is 0 Å². The number of imidazole rings is 1. The number of aromatic nitrogens is 4. The van der Waals surface area contributed by atoms with Gasteiger partial charge >= 0.3 is 5.69 Å². The van der Waals surface area contributed by atoms with Gasteiger partial charge in [0, 0.05) is 13.1 Å². The molecule has 0 saturated heterocycles. The average Bonchev–Trinajstić information content (AvgIpc) is 3.55. The van der Waals surface area contributed by atoms with Crippen LogP contribution in [0.1, 0.15) is 57.3 Å². The zero-order valence-electron chi connectivity index (χ0n) is 19.5. The summed E-state index contributed by atoms with van der Waals surface area (Å²) in [6.07, 6.45) is 7.38. The van der Waals surface area contributed by atoms with Crippen molar-refractivity contribution >= 4 is 16.7 Å². The van der Waals surface area contributed by atoms with Crippen LogP contribution >= 0.6 is 0 Å². The fourth-order valence-corrected chi connectivity index (χ4v) is 5.41. The Morgan fingerprint density at radius 2 is 1.76 bits per heavy atom. The number of rotatable bonds is 9. The maximum absolute atomic E-state index is 13.6. The summed E-state index contributed by atoms with van der Waals surface area (Å²) in [5, 5.41) is 0. The third-order valence-electron chi connectivity index (χ3n) is 6.93. The molecule has 2 aliphatic carbocycles. The topological polar surface area (TPSA) is 71.0 Å². The highest BCUT2D eigenvalue weighted by molar-refractivity contribution is 5.78. The number of hydrogen-bond donors (Lipinski definition) is 0. The maximum atomic E-state index is 13.6. The van der Waals surface area contributed by atoms with E-state index in [1.54, 1.807) is 4.57 Å². The summed E-state index contributed by atoms with van der Waals surface area (Å²) < 4.78 is 11.1. The lowest BCUT2D eigenvalue weighted by Crippen LogP contribution is -2.40. The van der Waals surface area contributed by atoms with Gasteiger partial charge in [0.25, 0.3) is 5.56 Å². The molecule has 0 radical (unpaired) electrons. The van der Waals surface area contributed by atoms with E-state index in [-0.39, 0.29) is 18.0 Å². The van der Waals surface area contributed by atoms with Crippen LogP contribution in [0.3, 0.4) is 0 Å². The van der Waals surface area contributed by atoms with Crippen LogP contribution in [0.5, 0.6) is 0 Å². The van der Waals surface area contributed by atoms with E-state index >= 15 is 0 Å². The molecule has 2 aliphatic rings. The first-order chi connectivity index (χ1) is 16.1. The van der Waals surface area contributed by atoms with Crippen molar-refractivity contribution in [3.8, 4) is 0 Å². The minimum Gasteiger partial charge on any atom is -0.356 e. The Bertz CT molecular complexity index is 1300. The van der Waals surface area contributed by atoms with Crippen molar-refractivity contribution in [2.24, 2.45) is 11.8 Å². The number of hydrogen-bond acceptors (Lipinski definition) is 4. The molecule has 2 bridgehead atoms. The molecular weight excluding hydrogens is 416 g/mol. The van der Waals surface area contributed by atoms with Crippen molar-refractivity contribution < 1.29 is 4.74 Å². The lowest BCUT2D eigenvalue weighted by molar-refractivity contribution is 0.0656. The third kappa shape index (κ3) is 3.88. The highest BCUT2D eigenvalue weighted by Crippen LogP contribution is 2.47. The lowest BCUT2D eigenvalue weighted by Gasteiger charge is -2.16. The molecule has 33 heavy (non-hydrogen) atoms. The predicted octanol–water partition coefficient (Wildman–Crippen LogP) is 4.17. The second-order valence-corrected chi connectivity index (χ2v) is 9.28. The summed E-state index contributed by atoms with van der Waals surface area (Å²) in [5.74, 6) is 1.86. The molecule has 0 N–H and O–H groups in total. The minimum atomic E-state index is -0.268. The molecule has 2 unspecified atom stereocenters. The third-order valence-corrected chi connectivity index (χ3v) is 6.93. The molecule has 1 aromatic carbocycles. The number of ether oxygens (including phenoxy) is 1. The second kappa shape index (κ2) is 9.14. The van der Waals surface area contributed by atoms with Crippen LogP contribution < -0.4 is 11.2 Å². The first-order valence-electron chi connectivity index (χ1n) is 12.2. The first-order valence-corrected chi connectivity index (χ1v) is 12.2. The van der Waals surface area contributed by atoms with E-state index in [1.807, 2.05) is 48.7 Å². The summed E-state index contributed by atoms with van der Waals surface area (Å²) in [5.41, 5.74) is 2.72. The van der Waals surface area contributed by atoms with Crippen molar-refractivity contribution in [1.29, 1.82) is 0 Å². The molecule has 7 nitrogen and oxygen atoms in total. The molecule has 2 aromatic heterocycles. The van der Waals surface area contributed by atoms with E-state index in [0.717, 1.165) is 30.7 Å². The molecule has 1 saturated carbocycles. The van der Waals surface area contributed by atoms with E-state index in [4.69, 9.17) is 9.72 Å². The molecule has 1 fully saturated rings. The molecule has 0 amide bonds. The smallest absolute Gasteiger partial charge is 0.332 e. The molecule has 0 spiro atoms. The Kier molecular flexibility index (Phi) is 6.06. The van der Waals surface area contributed by atoms with E-state index in [2.05, 4.69) is 6.08 Å². The Balaban J connectivity index is 1.65. The van der Waals surface area contributed by atoms with Crippen molar-refractivity contribution in [1.82, 2.24) is 18.7 Å². The number of benzene rings is 1. The van der Waals surface area contributed by atoms with Crippen LogP contribution in [0, 0.1) is 11.8 Å². The SMILES string of the molecule is CCCn1c(=O)c2c(nc(C3=CC4CCC3C4)n2COCc2ccccc2)n(CCC)c1=O. The standard InChI is InChI=1S/C26H32N4O3/c1-3-12-28-24-22(25(31)29(13-4-2)26(28)32)30(17-33-16-18-8-6-5-7-9-18)23(27-24)21-15-19-10-11-20(21)14-19/h5-9,15,19-20H,3-4,10-14,16-17H2,1-2H3. The summed E-state index contributed by atoms with van der Waals surface area (Å²) >= 11 is 0. The molecule has 5 rings (SSSR count). The zero-order valence-corrected chi connectivity index (χ0v) is 19.5. The van der Waals surface area contributed by atoms with Gasteiger partial charge in [-0.05, 0) is 55.1 Å². The molecular formula is C26H32N4O3. The molecule has 3 aromatic rings. The summed E-state index contributed by atoms with van der Waals surface area (Å²) in [4.78, 5) is 31.7. The van der Waals surface area contributed by atoms with Crippen molar-refractivity contribution in [2.45, 2.75) is 72.4 Å². The molecule has 7 heteroatoms. The molecule has 174 valence electrons. The normalized spacial score (nSPS) is 19.5. The largest absolute Gasteiger partial charge is 0.356 e. The summed E-state index contributed by atoms with van der Waals surface area (Å²) in [7, 11) is 0. The number of nitrogens with zero attached hydrogens (tertiary/aromatic N) is 4. The van der Waals surface area contributed by atoms with Gasteiger partial charge in [-0.25, -0.2) is 9.78 Å². The number of fused-ring (bicyclic) bond motifs is 3. The van der Waals surface area contributed by atoms with Gasteiger partial charge in [-0.2, -0.15) is 0 Å². The predicted molar refractivity (Wildman–Crippen MR) is 129 cm³/mol. The van der Waals surface area contributed by atoms with Crippen LogP contribution in [0.2, 0.25) is 0 Å². The Morgan fingerprint density at radius 1 is 1.00 bits per heavy atom. The monoisotopic (exact) mass is 448 g/mol. The fourth-order valence-electron chi connectivity index (χ4n) is 5.41. The van der Waals surface area contributed by atoms with E-state index < -0.39 is 0 Å². The van der Waals surface area contributed by atoms with Crippen LogP contribution in [-0.2, 0) is 31.2 Å². The van der Waals surface area contributed by atoms with Crippen molar-refractivity contribution in [3.63, 3.8) is 0 Å². The van der Waals surface area contributed by atoms with Gasteiger partial charge in [-0.3, -0.25) is 18.5 Å². The number of allylic oxidation sites excluding steroid dienone is 2.